The molecule has 0 unspecified atom stereocenters. The lowest BCUT2D eigenvalue weighted by molar-refractivity contribution is -0.147. The van der Waals surface area contributed by atoms with Crippen LogP contribution < -0.4 is 26.6 Å². The fourth-order valence-electron chi connectivity index (χ4n) is 13.2. The Hall–Kier alpha value is -7.93. The first-order valence-corrected chi connectivity index (χ1v) is 36.3. The highest BCUT2D eigenvalue weighted by atomic mass is 16.3. The molecule has 0 aromatic heterocycles. The summed E-state index contributed by atoms with van der Waals surface area (Å²) in [7, 11) is 7.17. The first-order chi connectivity index (χ1) is 47.4. The van der Waals surface area contributed by atoms with Gasteiger partial charge >= 0.3 is 0 Å². The molecule has 25 heteroatoms. The molecule has 562 valence electrons. The summed E-state index contributed by atoms with van der Waals surface area (Å²) in [6.45, 7) is 22.9. The number of nitrogens with one attached hydrogen (secondary N) is 5. The Morgan fingerprint density at radius 3 is 1.53 bits per heavy atom. The molecule has 0 bridgehead atoms. The van der Waals surface area contributed by atoms with E-state index in [0.29, 0.717) is 43.5 Å². The van der Waals surface area contributed by atoms with E-state index in [1.165, 1.54) is 75.6 Å². The lowest BCUT2D eigenvalue weighted by Gasteiger charge is -2.37. The SMILES string of the molecule is CC[C@H](C)[C@H]1C(=O)N[C@@H](CC(C)C)C(=O)CCC(=O)N(C)[C@@H](CC(C)C)C(=O)C[C@@H](Cc2ccccc2)C(=O)N[C@@H]([C@@H](C)O)C(=O)N(C)[C@@H](C)C(=O)N[C@H](C(=O)N2CCCCC2)CC(=O)CN(C)[C@@H](C)C(=O)N[C@@H](Cc2ccccc2)C(=O)N(C)[C@@H](C(C)C)C(=O)N[C@@H](CC(C)C)C(=O)N1C. The number of hydrogen-bond acceptors (Lipinski definition) is 15. The van der Waals surface area contributed by atoms with Crippen LogP contribution in [0.5, 0.6) is 0 Å². The standard InChI is InChI=1S/C76H119N11O14/c1-19-49(10)67-72(97)77-57(37-45(2)3)62(90)33-34-64(92)84(16)61(39-47(6)7)63(91)42-55(40-53-29-23-20-24-30-53)70(95)81-65(52(13)88)76(101)83(15)51(12)69(94)79-60(75(100)87-35-27-22-28-36-87)43-56(89)44-82(14)50(11)68(93)78-59(41-54-31-25-21-26-32-54)74(99)85(17)66(48(8)9)71(96)80-58(38-46(4)5)73(98)86(67)18/h20-21,23-26,29-32,45-52,55,57-61,65-67,88H,19,22,27-28,33-44H2,1-18H3,(H,77,97)(H,78,93)(H,79,94)(H,80,96)(H,81,95)/t49-,50-,51-,52+,55+,57-,58-,59-,60-,61-,65-,66-,67-/m0/s1. The minimum atomic E-state index is -1.67. The number of carbonyl (C=O) groups excluding carboxylic acids is 13. The van der Waals surface area contributed by atoms with Gasteiger partial charge in [-0.1, -0.05) is 136 Å². The van der Waals surface area contributed by atoms with Crippen LogP contribution in [-0.2, 0) is 75.2 Å². The number of ketones is 3. The highest BCUT2D eigenvalue weighted by Gasteiger charge is 2.43. The predicted molar refractivity (Wildman–Crippen MR) is 386 cm³/mol. The Morgan fingerprint density at radius 1 is 0.505 bits per heavy atom. The lowest BCUT2D eigenvalue weighted by Crippen LogP contribution is -2.61. The Balaban J connectivity index is 1.87. The number of Topliss-reactive ketones (excluding diaryl/α,β-unsaturated/α-hetero) is 3. The van der Waals surface area contributed by atoms with Gasteiger partial charge in [-0.3, -0.25) is 67.2 Å². The van der Waals surface area contributed by atoms with E-state index < -0.39 is 180 Å². The normalized spacial score (nSPS) is 26.5. The third-order valence-electron chi connectivity index (χ3n) is 19.7. The number of carbonyl (C=O) groups is 13. The van der Waals surface area contributed by atoms with Gasteiger partial charge in [-0.25, -0.2) is 0 Å². The number of nitrogens with zero attached hydrogens (tertiary/aromatic N) is 6. The summed E-state index contributed by atoms with van der Waals surface area (Å²) < 4.78 is 0. The summed E-state index contributed by atoms with van der Waals surface area (Å²) in [5.74, 6) is -11.0. The van der Waals surface area contributed by atoms with Crippen LogP contribution in [0, 0.1) is 35.5 Å². The summed E-state index contributed by atoms with van der Waals surface area (Å²) in [6, 6.07) is 5.18. The van der Waals surface area contributed by atoms with Gasteiger partial charge in [-0.2, -0.15) is 0 Å². The molecule has 0 saturated carbocycles. The third-order valence-corrected chi connectivity index (χ3v) is 19.7. The molecule has 2 heterocycles. The molecule has 0 radical (unpaired) electrons. The molecular weight excluding hydrogens is 1290 g/mol. The van der Waals surface area contributed by atoms with E-state index in [1.807, 2.05) is 48.5 Å². The van der Waals surface area contributed by atoms with E-state index in [4.69, 9.17) is 0 Å². The van der Waals surface area contributed by atoms with Crippen LogP contribution in [0.25, 0.3) is 0 Å². The molecule has 4 rings (SSSR count). The molecule has 2 aromatic carbocycles. The van der Waals surface area contributed by atoms with Gasteiger partial charge in [0.25, 0.3) is 0 Å². The van der Waals surface area contributed by atoms with Crippen LogP contribution in [0.15, 0.2) is 60.7 Å². The second kappa shape index (κ2) is 40.6. The number of likely N-dealkylation sites (N-methyl/N-ethyl adjacent to an activating group) is 5. The average Bonchev–Trinajstić information content (AvgIpc) is 0.822. The minimum absolute atomic E-state index is 0.00590. The number of aliphatic hydroxyl groups excluding tert-OH is 1. The van der Waals surface area contributed by atoms with Gasteiger partial charge in [0, 0.05) is 79.3 Å². The van der Waals surface area contributed by atoms with Gasteiger partial charge in [-0.15, -0.1) is 0 Å². The quantitative estimate of drug-likeness (QED) is 0.141. The Morgan fingerprint density at radius 2 is 1.00 bits per heavy atom. The molecule has 2 saturated heterocycles. The van der Waals surface area contributed by atoms with E-state index in [-0.39, 0.29) is 62.7 Å². The Bertz CT molecular complexity index is 3140. The zero-order chi connectivity index (χ0) is 75.9. The number of hydrogen-bond donors (Lipinski definition) is 6. The summed E-state index contributed by atoms with van der Waals surface area (Å²) in [5, 5.41) is 25.4. The van der Waals surface area contributed by atoms with E-state index >= 15 is 9.59 Å². The largest absolute Gasteiger partial charge is 0.391 e. The number of likely N-dealkylation sites (tertiary alicyclic amines) is 1. The summed E-state index contributed by atoms with van der Waals surface area (Å²) in [4.78, 5) is 198. The van der Waals surface area contributed by atoms with Crippen molar-refractivity contribution in [2.24, 2.45) is 35.5 Å². The maximum atomic E-state index is 15.1. The van der Waals surface area contributed by atoms with Crippen molar-refractivity contribution in [2.45, 2.75) is 240 Å². The fourth-order valence-corrected chi connectivity index (χ4v) is 13.2. The molecule has 10 amide bonds. The molecular formula is C76H119N11O14. The topological polar surface area (TPSA) is 322 Å². The number of amides is 10. The van der Waals surface area contributed by atoms with Crippen molar-refractivity contribution in [1.82, 2.24) is 56.0 Å². The number of benzene rings is 2. The van der Waals surface area contributed by atoms with E-state index in [2.05, 4.69) is 26.6 Å². The van der Waals surface area contributed by atoms with Crippen LogP contribution in [0.2, 0.25) is 0 Å². The van der Waals surface area contributed by atoms with E-state index in [1.54, 1.807) is 86.3 Å². The van der Waals surface area contributed by atoms with Gasteiger partial charge in [0.2, 0.25) is 59.1 Å². The van der Waals surface area contributed by atoms with Crippen LogP contribution in [0.3, 0.4) is 0 Å². The summed E-state index contributed by atoms with van der Waals surface area (Å²) >= 11 is 0. The molecule has 0 spiro atoms. The van der Waals surface area contributed by atoms with Crippen molar-refractivity contribution in [3.63, 3.8) is 0 Å². The van der Waals surface area contributed by atoms with Gasteiger partial charge in [-0.05, 0) is 113 Å². The lowest BCUT2D eigenvalue weighted by atomic mass is 9.88. The Labute approximate surface area is 599 Å². The second-order valence-electron chi connectivity index (χ2n) is 29.9. The molecule has 2 aliphatic rings. The van der Waals surface area contributed by atoms with Crippen LogP contribution >= 0.6 is 0 Å². The average molecular weight is 1410 g/mol. The molecule has 6 N–H and O–H groups in total. The van der Waals surface area contributed by atoms with Crippen molar-refractivity contribution < 1.29 is 67.4 Å². The summed E-state index contributed by atoms with van der Waals surface area (Å²) in [6.07, 6.45) is -0.0874. The Kier molecular flexibility index (Phi) is 34.4. The number of rotatable bonds is 15. The highest BCUT2D eigenvalue weighted by Crippen LogP contribution is 2.25. The molecule has 2 aliphatic heterocycles. The predicted octanol–water partition coefficient (Wildman–Crippen LogP) is 4.68. The molecule has 2 fully saturated rings. The molecule has 0 aliphatic carbocycles. The molecule has 2 aromatic rings. The smallest absolute Gasteiger partial charge is 0.248 e. The zero-order valence-electron chi connectivity index (χ0n) is 63.3. The van der Waals surface area contributed by atoms with Crippen molar-refractivity contribution in [3.8, 4) is 0 Å². The molecule has 13 atom stereocenters. The maximum Gasteiger partial charge on any atom is 0.248 e. The highest BCUT2D eigenvalue weighted by molar-refractivity contribution is 6.00. The van der Waals surface area contributed by atoms with Gasteiger partial charge in [0.1, 0.15) is 48.1 Å². The monoisotopic (exact) mass is 1410 g/mol. The zero-order valence-corrected chi connectivity index (χ0v) is 63.3. The van der Waals surface area contributed by atoms with Crippen molar-refractivity contribution in [3.05, 3.63) is 71.8 Å². The van der Waals surface area contributed by atoms with Crippen LogP contribution in [0.4, 0.5) is 0 Å². The van der Waals surface area contributed by atoms with Crippen LogP contribution in [-0.4, -0.2) is 232 Å². The number of piperidine rings is 1. The van der Waals surface area contributed by atoms with Crippen molar-refractivity contribution in [2.75, 3.05) is 54.9 Å². The molecule has 25 nitrogen and oxygen atoms in total. The second-order valence-corrected chi connectivity index (χ2v) is 29.9. The first-order valence-electron chi connectivity index (χ1n) is 36.3. The first kappa shape index (κ1) is 85.5. The third kappa shape index (κ3) is 25.5. The number of aliphatic hydroxyl groups is 1. The van der Waals surface area contributed by atoms with Gasteiger partial charge in [0.15, 0.2) is 11.6 Å². The van der Waals surface area contributed by atoms with E-state index in [0.717, 1.165) is 11.3 Å². The molecule has 101 heavy (non-hydrogen) atoms. The maximum absolute atomic E-state index is 15.1. The van der Waals surface area contributed by atoms with Crippen molar-refractivity contribution >= 4 is 76.4 Å². The fraction of sp³-hybridized carbons (Fsp3) is 0.671. The summed E-state index contributed by atoms with van der Waals surface area (Å²) in [5.41, 5.74) is 1.34. The van der Waals surface area contributed by atoms with Crippen molar-refractivity contribution in [1.29, 1.82) is 0 Å². The van der Waals surface area contributed by atoms with Gasteiger partial charge in [0.05, 0.1) is 30.8 Å². The van der Waals surface area contributed by atoms with Crippen LogP contribution in [0.1, 0.15) is 172 Å². The van der Waals surface area contributed by atoms with E-state index in [9.17, 15) is 57.8 Å². The minimum Gasteiger partial charge on any atom is -0.391 e. The van der Waals surface area contributed by atoms with Gasteiger partial charge < -0.3 is 56.2 Å².